The number of carboxylic acids is 2. The van der Waals surface area contributed by atoms with Gasteiger partial charge in [-0.15, -0.1) is 0 Å². The molecule has 0 aromatic rings. The van der Waals surface area contributed by atoms with Gasteiger partial charge in [0.1, 0.15) is 12.1 Å². The second kappa shape index (κ2) is 14.9. The van der Waals surface area contributed by atoms with Gasteiger partial charge in [-0.25, -0.2) is 4.79 Å². The Morgan fingerprint density at radius 2 is 1.52 bits per heavy atom. The average Bonchev–Trinajstić information content (AvgIpc) is 2.69. The predicted octanol–water partition coefficient (Wildman–Crippen LogP) is -2.22. The van der Waals surface area contributed by atoms with E-state index in [9.17, 15) is 29.1 Å². The molecule has 0 rings (SSSR count). The smallest absolute Gasteiger partial charge is 0.328 e. The van der Waals surface area contributed by atoms with E-state index in [-0.39, 0.29) is 25.0 Å². The fourth-order valence-corrected chi connectivity index (χ4v) is 3.03. The van der Waals surface area contributed by atoms with Crippen LogP contribution in [-0.2, 0) is 24.0 Å². The van der Waals surface area contributed by atoms with E-state index in [4.69, 9.17) is 15.9 Å². The fraction of sp³-hybridized carbons (Fsp3) is 0.706. The Morgan fingerprint density at radius 1 is 0.968 bits per heavy atom. The Balaban J connectivity index is 5.16. The molecule has 0 aliphatic rings. The van der Waals surface area contributed by atoms with Crippen LogP contribution in [0.2, 0.25) is 0 Å². The van der Waals surface area contributed by atoms with Crippen molar-refractivity contribution in [2.45, 2.75) is 56.5 Å². The molecular formula is C17H30N4O8S2. The van der Waals surface area contributed by atoms with Gasteiger partial charge in [0.25, 0.3) is 0 Å². The molecular weight excluding hydrogens is 452 g/mol. The average molecular weight is 483 g/mol. The molecule has 31 heavy (non-hydrogen) atoms. The topological polar surface area (TPSA) is 208 Å². The highest BCUT2D eigenvalue weighted by Crippen LogP contribution is 2.05. The molecule has 0 radical (unpaired) electrons. The molecule has 0 heterocycles. The van der Waals surface area contributed by atoms with E-state index in [1.165, 1.54) is 18.7 Å². The van der Waals surface area contributed by atoms with Crippen molar-refractivity contribution in [3.05, 3.63) is 0 Å². The number of aliphatic hydroxyl groups excluding tert-OH is 1. The second-order valence-corrected chi connectivity index (χ2v) is 8.04. The SMILES string of the molecule is CSCCC(NC(=O)C(CS)NC(=O)C(N)CCC(=O)O)C(=O)NC(C(=O)O)C(C)O. The lowest BCUT2D eigenvalue weighted by atomic mass is 10.1. The van der Waals surface area contributed by atoms with Crippen molar-refractivity contribution < 1.29 is 39.3 Å². The molecule has 5 atom stereocenters. The van der Waals surface area contributed by atoms with Gasteiger partial charge in [0.05, 0.1) is 12.1 Å². The fourth-order valence-electron chi connectivity index (χ4n) is 2.30. The van der Waals surface area contributed by atoms with E-state index >= 15 is 0 Å². The summed E-state index contributed by atoms with van der Waals surface area (Å²) in [5.74, 6) is -4.54. The lowest BCUT2D eigenvalue weighted by molar-refractivity contribution is -0.145. The van der Waals surface area contributed by atoms with Gasteiger partial charge in [0.2, 0.25) is 17.7 Å². The van der Waals surface area contributed by atoms with Crippen LogP contribution in [-0.4, -0.2) is 93.0 Å². The predicted molar refractivity (Wildman–Crippen MR) is 117 cm³/mol. The van der Waals surface area contributed by atoms with Crippen molar-refractivity contribution in [3.63, 3.8) is 0 Å². The molecule has 14 heteroatoms. The third-order valence-electron chi connectivity index (χ3n) is 4.11. The van der Waals surface area contributed by atoms with Gasteiger partial charge >= 0.3 is 11.9 Å². The first kappa shape index (κ1) is 29.0. The number of thiol groups is 1. The van der Waals surface area contributed by atoms with Crippen LogP contribution in [0, 0.1) is 0 Å². The van der Waals surface area contributed by atoms with Gasteiger partial charge < -0.3 is 37.0 Å². The summed E-state index contributed by atoms with van der Waals surface area (Å²) in [6.07, 6.45) is 0.127. The minimum absolute atomic E-state index is 0.128. The van der Waals surface area contributed by atoms with Crippen molar-refractivity contribution >= 4 is 54.1 Å². The van der Waals surface area contributed by atoms with Crippen LogP contribution in [0.3, 0.4) is 0 Å². The van der Waals surface area contributed by atoms with Gasteiger partial charge in [-0.1, -0.05) is 0 Å². The molecule has 5 unspecified atom stereocenters. The van der Waals surface area contributed by atoms with Gasteiger partial charge in [-0.05, 0) is 31.8 Å². The third-order valence-corrected chi connectivity index (χ3v) is 5.12. The monoisotopic (exact) mass is 482 g/mol. The van der Waals surface area contributed by atoms with Crippen molar-refractivity contribution in [2.24, 2.45) is 5.73 Å². The first-order valence-corrected chi connectivity index (χ1v) is 11.4. The minimum Gasteiger partial charge on any atom is -0.481 e. The van der Waals surface area contributed by atoms with E-state index < -0.39 is 59.9 Å². The molecule has 0 aliphatic carbocycles. The van der Waals surface area contributed by atoms with Crippen LogP contribution in [0.15, 0.2) is 0 Å². The summed E-state index contributed by atoms with van der Waals surface area (Å²) in [5.41, 5.74) is 5.62. The number of amides is 3. The maximum atomic E-state index is 12.6. The molecule has 0 aliphatic heterocycles. The molecule has 0 aromatic carbocycles. The number of aliphatic carboxylic acids is 2. The summed E-state index contributed by atoms with van der Waals surface area (Å²) in [7, 11) is 0. The number of hydrogen-bond donors (Lipinski definition) is 8. The lowest BCUT2D eigenvalue weighted by Gasteiger charge is -2.25. The molecule has 0 aromatic heterocycles. The van der Waals surface area contributed by atoms with Gasteiger partial charge in [0, 0.05) is 12.2 Å². The van der Waals surface area contributed by atoms with Crippen molar-refractivity contribution in [1.82, 2.24) is 16.0 Å². The third kappa shape index (κ3) is 11.2. The number of hydrogen-bond acceptors (Lipinski definition) is 9. The number of carboxylic acid groups (broad SMARTS) is 2. The quantitative estimate of drug-likeness (QED) is 0.118. The number of carbonyl (C=O) groups is 5. The van der Waals surface area contributed by atoms with E-state index in [2.05, 4.69) is 28.6 Å². The summed E-state index contributed by atoms with van der Waals surface area (Å²) < 4.78 is 0. The molecule has 0 fully saturated rings. The Bertz CT molecular complexity index is 650. The Hall–Kier alpha value is -2.03. The number of nitrogens with two attached hydrogens (primary N) is 1. The molecule has 0 spiro atoms. The summed E-state index contributed by atoms with van der Waals surface area (Å²) >= 11 is 5.41. The van der Waals surface area contributed by atoms with Gasteiger partial charge in [-0.3, -0.25) is 19.2 Å². The van der Waals surface area contributed by atoms with E-state index in [1.54, 1.807) is 6.26 Å². The summed E-state index contributed by atoms with van der Waals surface area (Å²) in [4.78, 5) is 59.0. The zero-order valence-electron chi connectivity index (χ0n) is 17.2. The molecule has 0 bridgehead atoms. The molecule has 8 N–H and O–H groups in total. The van der Waals surface area contributed by atoms with Crippen LogP contribution < -0.4 is 21.7 Å². The maximum absolute atomic E-state index is 12.6. The van der Waals surface area contributed by atoms with Crippen LogP contribution >= 0.6 is 24.4 Å². The number of rotatable bonds is 15. The van der Waals surface area contributed by atoms with Crippen molar-refractivity contribution in [2.75, 3.05) is 17.8 Å². The zero-order valence-corrected chi connectivity index (χ0v) is 18.9. The normalized spacial score (nSPS) is 15.6. The summed E-state index contributed by atoms with van der Waals surface area (Å²) in [5, 5.41) is 34.3. The largest absolute Gasteiger partial charge is 0.481 e. The molecule has 12 nitrogen and oxygen atoms in total. The minimum atomic E-state index is -1.56. The van der Waals surface area contributed by atoms with E-state index in [1.807, 2.05) is 0 Å². The van der Waals surface area contributed by atoms with Gasteiger partial charge in [0.15, 0.2) is 6.04 Å². The van der Waals surface area contributed by atoms with E-state index in [0.29, 0.717) is 5.75 Å². The number of carbonyl (C=O) groups excluding carboxylic acids is 3. The molecule has 178 valence electrons. The van der Waals surface area contributed by atoms with Crippen LogP contribution in [0.1, 0.15) is 26.2 Å². The molecule has 0 saturated carbocycles. The molecule has 3 amide bonds. The maximum Gasteiger partial charge on any atom is 0.328 e. The zero-order chi connectivity index (χ0) is 24.1. The van der Waals surface area contributed by atoms with Crippen molar-refractivity contribution in [3.8, 4) is 0 Å². The highest BCUT2D eigenvalue weighted by atomic mass is 32.2. The summed E-state index contributed by atoms with van der Waals surface area (Å²) in [6, 6.07) is -5.00. The Kier molecular flexibility index (Phi) is 13.9. The first-order valence-electron chi connectivity index (χ1n) is 9.33. The van der Waals surface area contributed by atoms with Crippen LogP contribution in [0.4, 0.5) is 0 Å². The standard InChI is InChI=1S/C17H30N4O8S2/c1-8(22)13(17(28)29)21-15(26)10(5-6-31-2)19-16(27)11(7-30)20-14(25)9(18)3-4-12(23)24/h8-11,13,22,30H,3-7,18H2,1-2H3,(H,19,27)(H,20,25)(H,21,26)(H,23,24)(H,28,29). The second-order valence-electron chi connectivity index (χ2n) is 6.69. The van der Waals surface area contributed by atoms with E-state index in [0.717, 1.165) is 0 Å². The lowest BCUT2D eigenvalue weighted by Crippen LogP contribution is -2.58. The van der Waals surface area contributed by atoms with Gasteiger partial charge in [-0.2, -0.15) is 24.4 Å². The molecule has 0 saturated heterocycles. The summed E-state index contributed by atoms with van der Waals surface area (Å²) in [6.45, 7) is 1.20. The first-order chi connectivity index (χ1) is 14.4. The number of thioether (sulfide) groups is 1. The van der Waals surface area contributed by atoms with Crippen LogP contribution in [0.25, 0.3) is 0 Å². The van der Waals surface area contributed by atoms with Crippen molar-refractivity contribution in [1.29, 1.82) is 0 Å². The Labute approximate surface area is 189 Å². The number of nitrogens with one attached hydrogen (secondary N) is 3. The highest BCUT2D eigenvalue weighted by Gasteiger charge is 2.31. The van der Waals surface area contributed by atoms with Crippen LogP contribution in [0.5, 0.6) is 0 Å². The Morgan fingerprint density at radius 3 is 1.97 bits per heavy atom. The number of aliphatic hydroxyl groups is 1. The highest BCUT2D eigenvalue weighted by molar-refractivity contribution is 7.98.